The van der Waals surface area contributed by atoms with E-state index in [1.165, 1.54) is 0 Å². The number of aromatic nitrogens is 1. The van der Waals surface area contributed by atoms with E-state index in [-0.39, 0.29) is 11.6 Å². The molecule has 0 spiro atoms. The Hall–Kier alpha value is -2.86. The molecule has 1 saturated heterocycles. The minimum absolute atomic E-state index is 0.149. The molecule has 6 heteroatoms. The summed E-state index contributed by atoms with van der Waals surface area (Å²) in [5.41, 5.74) is 1.46. The topological polar surface area (TPSA) is 53.5 Å². The maximum atomic E-state index is 13.7. The van der Waals surface area contributed by atoms with E-state index in [0.717, 1.165) is 30.2 Å². The van der Waals surface area contributed by atoms with Gasteiger partial charge in [-0.2, -0.15) is 0 Å². The van der Waals surface area contributed by atoms with E-state index in [2.05, 4.69) is 16.0 Å². The Balaban J connectivity index is 1.45. The van der Waals surface area contributed by atoms with Crippen LogP contribution in [0.4, 0.5) is 0 Å². The van der Waals surface area contributed by atoms with Gasteiger partial charge in [0.2, 0.25) is 0 Å². The van der Waals surface area contributed by atoms with E-state index < -0.39 is 5.54 Å². The molecule has 5 nitrogen and oxygen atoms in total. The van der Waals surface area contributed by atoms with Crippen LogP contribution in [0.1, 0.15) is 31.8 Å². The molecule has 0 unspecified atom stereocenters. The summed E-state index contributed by atoms with van der Waals surface area (Å²) in [7, 11) is 0. The second-order valence-electron chi connectivity index (χ2n) is 8.05. The molecule has 0 radical (unpaired) electrons. The fraction of sp³-hybridized carbons (Fsp3) is 0.240. The third kappa shape index (κ3) is 3.30. The van der Waals surface area contributed by atoms with Gasteiger partial charge in [-0.1, -0.05) is 54.1 Å². The average molecular weight is 432 g/mol. The first-order chi connectivity index (χ1) is 15.1. The molecule has 0 amide bonds. The molecular formula is C25H22ClN3O2. The summed E-state index contributed by atoms with van der Waals surface area (Å²) in [6.07, 6.45) is 3.32. The SMILES string of the molecule is O=C1c2ccccc2C(=O)C1(c1cccnc1)N1CCN(Cc2cccc(Cl)c2)CC1. The first-order valence-electron chi connectivity index (χ1n) is 10.4. The summed E-state index contributed by atoms with van der Waals surface area (Å²) in [4.78, 5) is 36.0. The number of hydrogen-bond acceptors (Lipinski definition) is 5. The van der Waals surface area contributed by atoms with E-state index in [1.807, 2.05) is 41.3 Å². The van der Waals surface area contributed by atoms with Crippen LogP contribution < -0.4 is 0 Å². The molecule has 1 aliphatic carbocycles. The lowest BCUT2D eigenvalue weighted by Gasteiger charge is -2.43. The van der Waals surface area contributed by atoms with Gasteiger partial charge in [-0.3, -0.25) is 24.4 Å². The van der Waals surface area contributed by atoms with Crippen molar-refractivity contribution in [1.29, 1.82) is 0 Å². The molecule has 2 heterocycles. The van der Waals surface area contributed by atoms with Gasteiger partial charge in [0.25, 0.3) is 0 Å². The molecule has 1 aliphatic heterocycles. The van der Waals surface area contributed by atoms with Gasteiger partial charge in [-0.25, -0.2) is 0 Å². The Labute approximate surface area is 186 Å². The molecular weight excluding hydrogens is 410 g/mol. The van der Waals surface area contributed by atoms with Crippen LogP contribution in [0.25, 0.3) is 0 Å². The van der Waals surface area contributed by atoms with Gasteiger partial charge >= 0.3 is 0 Å². The molecule has 0 saturated carbocycles. The number of benzene rings is 2. The fourth-order valence-corrected chi connectivity index (χ4v) is 5.03. The lowest BCUT2D eigenvalue weighted by molar-refractivity contribution is 0.0278. The lowest BCUT2D eigenvalue weighted by atomic mass is 9.83. The van der Waals surface area contributed by atoms with Crippen LogP contribution >= 0.6 is 11.6 Å². The highest BCUT2D eigenvalue weighted by Crippen LogP contribution is 2.42. The number of nitrogens with zero attached hydrogens (tertiary/aromatic N) is 3. The number of Topliss-reactive ketones (excluding diaryl/α,β-unsaturated/α-hetero) is 2. The maximum absolute atomic E-state index is 13.7. The number of rotatable bonds is 4. The van der Waals surface area contributed by atoms with E-state index >= 15 is 0 Å². The molecule has 3 aromatic rings. The zero-order chi connectivity index (χ0) is 21.4. The van der Waals surface area contributed by atoms with Crippen LogP contribution in [-0.2, 0) is 12.1 Å². The number of carbonyl (C=O) groups is 2. The van der Waals surface area contributed by atoms with E-state index in [4.69, 9.17) is 11.6 Å². The molecule has 2 aliphatic rings. The lowest BCUT2D eigenvalue weighted by Crippen LogP contribution is -2.60. The summed E-state index contributed by atoms with van der Waals surface area (Å²) in [5, 5.41) is 0.728. The van der Waals surface area contributed by atoms with Crippen molar-refractivity contribution >= 4 is 23.2 Å². The minimum atomic E-state index is -1.33. The quantitative estimate of drug-likeness (QED) is 0.588. The Bertz CT molecular complexity index is 1110. The van der Waals surface area contributed by atoms with Crippen molar-refractivity contribution in [3.05, 3.63) is 100 Å². The molecule has 156 valence electrons. The van der Waals surface area contributed by atoms with Crippen LogP contribution in [0, 0.1) is 0 Å². The van der Waals surface area contributed by atoms with Crippen LogP contribution in [0.2, 0.25) is 5.02 Å². The first-order valence-corrected chi connectivity index (χ1v) is 10.8. The summed E-state index contributed by atoms with van der Waals surface area (Å²) in [5.74, 6) is -0.297. The number of pyridine rings is 1. The van der Waals surface area contributed by atoms with Crippen molar-refractivity contribution in [1.82, 2.24) is 14.8 Å². The molecule has 5 rings (SSSR count). The van der Waals surface area contributed by atoms with Gasteiger partial charge in [0.05, 0.1) is 0 Å². The number of ketones is 2. The second-order valence-corrected chi connectivity index (χ2v) is 8.49. The molecule has 2 aromatic carbocycles. The van der Waals surface area contributed by atoms with Crippen molar-refractivity contribution in [2.24, 2.45) is 0 Å². The predicted octanol–water partition coefficient (Wildman–Crippen LogP) is 3.83. The van der Waals surface area contributed by atoms with Crippen LogP contribution in [0.15, 0.2) is 73.1 Å². The highest BCUT2D eigenvalue weighted by Gasteiger charge is 2.58. The normalized spacial score (nSPS) is 18.9. The molecule has 1 fully saturated rings. The number of carbonyl (C=O) groups excluding carboxylic acids is 2. The number of hydrogen-bond donors (Lipinski definition) is 0. The molecule has 0 N–H and O–H groups in total. The predicted molar refractivity (Wildman–Crippen MR) is 119 cm³/mol. The van der Waals surface area contributed by atoms with Gasteiger partial charge in [-0.15, -0.1) is 0 Å². The van der Waals surface area contributed by atoms with E-state index in [1.54, 1.807) is 30.6 Å². The highest BCUT2D eigenvalue weighted by atomic mass is 35.5. The smallest absolute Gasteiger partial charge is 0.196 e. The summed E-state index contributed by atoms with van der Waals surface area (Å²) >= 11 is 6.13. The monoisotopic (exact) mass is 431 g/mol. The van der Waals surface area contributed by atoms with Crippen molar-refractivity contribution in [3.63, 3.8) is 0 Å². The first kappa shape index (κ1) is 20.1. The highest BCUT2D eigenvalue weighted by molar-refractivity contribution is 6.32. The number of halogens is 1. The summed E-state index contributed by atoms with van der Waals surface area (Å²) in [6.45, 7) is 3.52. The van der Waals surface area contributed by atoms with Gasteiger partial charge < -0.3 is 0 Å². The second kappa shape index (κ2) is 8.00. The zero-order valence-corrected chi connectivity index (χ0v) is 17.8. The standard InChI is InChI=1S/C25H22ClN3O2/c26-20-7-3-5-18(15-20)17-28-11-13-29(14-12-28)25(19-6-4-10-27-16-19)23(30)21-8-1-2-9-22(21)24(25)31/h1-10,15-16H,11-14,17H2. The summed E-state index contributed by atoms with van der Waals surface area (Å²) in [6, 6.07) is 18.6. The third-order valence-corrected chi connectivity index (χ3v) is 6.53. The maximum Gasteiger partial charge on any atom is 0.196 e. The average Bonchev–Trinajstić information content (AvgIpc) is 3.03. The third-order valence-electron chi connectivity index (χ3n) is 6.29. The largest absolute Gasteiger partial charge is 0.297 e. The van der Waals surface area contributed by atoms with E-state index in [9.17, 15) is 9.59 Å². The molecule has 1 aromatic heterocycles. The molecule has 0 bridgehead atoms. The number of fused-ring (bicyclic) bond motifs is 1. The Morgan fingerprint density at radius 3 is 2.19 bits per heavy atom. The van der Waals surface area contributed by atoms with Gasteiger partial charge in [-0.05, 0) is 23.8 Å². The van der Waals surface area contributed by atoms with Crippen LogP contribution in [0.3, 0.4) is 0 Å². The molecule has 0 atom stereocenters. The minimum Gasteiger partial charge on any atom is -0.297 e. The van der Waals surface area contributed by atoms with Crippen LogP contribution in [-0.4, -0.2) is 52.5 Å². The van der Waals surface area contributed by atoms with Gasteiger partial charge in [0.15, 0.2) is 17.1 Å². The van der Waals surface area contributed by atoms with Crippen molar-refractivity contribution in [2.75, 3.05) is 26.2 Å². The Morgan fingerprint density at radius 2 is 1.58 bits per heavy atom. The van der Waals surface area contributed by atoms with Crippen molar-refractivity contribution in [3.8, 4) is 0 Å². The van der Waals surface area contributed by atoms with Gasteiger partial charge in [0, 0.05) is 66.8 Å². The molecule has 31 heavy (non-hydrogen) atoms. The number of piperazine rings is 1. The fourth-order valence-electron chi connectivity index (χ4n) is 4.82. The summed E-state index contributed by atoms with van der Waals surface area (Å²) < 4.78 is 0. The Morgan fingerprint density at radius 1 is 0.871 bits per heavy atom. The van der Waals surface area contributed by atoms with Crippen molar-refractivity contribution in [2.45, 2.75) is 12.1 Å². The Kier molecular flexibility index (Phi) is 5.18. The van der Waals surface area contributed by atoms with Crippen molar-refractivity contribution < 1.29 is 9.59 Å². The van der Waals surface area contributed by atoms with E-state index in [0.29, 0.717) is 29.8 Å². The van der Waals surface area contributed by atoms with Crippen LogP contribution in [0.5, 0.6) is 0 Å². The zero-order valence-electron chi connectivity index (χ0n) is 17.0. The van der Waals surface area contributed by atoms with Gasteiger partial charge in [0.1, 0.15) is 0 Å².